The van der Waals surface area contributed by atoms with Gasteiger partial charge in [-0.15, -0.1) is 0 Å². The van der Waals surface area contributed by atoms with Crippen LogP contribution in [0, 0.1) is 34.0 Å². The maximum Gasteiger partial charge on any atom is 0.101 e. The smallest absolute Gasteiger partial charge is 0.101 e. The fourth-order valence-corrected chi connectivity index (χ4v) is 6.50. The zero-order valence-corrected chi connectivity index (χ0v) is 23.4. The molecule has 8 rings (SSSR count). The SMILES string of the molecule is N#Cc1ccc(-n2c3ccccc3c3cc(-c4cccc5c4c4ccccc4n5-c4cc(C#N)ccc4C#N)ccc32)cc1. The van der Waals surface area contributed by atoms with Gasteiger partial charge in [-0.2, -0.15) is 15.8 Å². The van der Waals surface area contributed by atoms with Gasteiger partial charge >= 0.3 is 0 Å². The van der Waals surface area contributed by atoms with Crippen molar-refractivity contribution in [3.8, 4) is 40.7 Å². The third-order valence-corrected chi connectivity index (χ3v) is 8.42. The Morgan fingerprint density at radius 2 is 1.11 bits per heavy atom. The van der Waals surface area contributed by atoms with Crippen molar-refractivity contribution in [1.82, 2.24) is 9.13 Å². The first-order valence-electron chi connectivity index (χ1n) is 14.2. The third-order valence-electron chi connectivity index (χ3n) is 8.42. The molecule has 2 heterocycles. The molecular weight excluding hydrogens is 538 g/mol. The molecule has 0 aliphatic rings. The lowest BCUT2D eigenvalue weighted by molar-refractivity contribution is 1.16. The van der Waals surface area contributed by atoms with Crippen LogP contribution in [-0.4, -0.2) is 9.13 Å². The molecule has 5 heteroatoms. The van der Waals surface area contributed by atoms with Crippen molar-refractivity contribution < 1.29 is 0 Å². The minimum atomic E-state index is 0.505. The molecule has 2 aromatic heterocycles. The van der Waals surface area contributed by atoms with Gasteiger partial charge in [-0.1, -0.05) is 54.6 Å². The zero-order valence-electron chi connectivity index (χ0n) is 23.4. The Labute approximate surface area is 252 Å². The van der Waals surface area contributed by atoms with Gasteiger partial charge in [0.05, 0.1) is 56.6 Å². The van der Waals surface area contributed by atoms with E-state index >= 15 is 0 Å². The number of nitrogens with zero attached hydrogens (tertiary/aromatic N) is 5. The maximum atomic E-state index is 9.99. The molecule has 0 aliphatic heterocycles. The van der Waals surface area contributed by atoms with Gasteiger partial charge in [-0.3, -0.25) is 0 Å². The summed E-state index contributed by atoms with van der Waals surface area (Å²) in [6, 6.07) is 49.1. The molecule has 6 aromatic carbocycles. The highest BCUT2D eigenvalue weighted by Crippen LogP contribution is 2.41. The largest absolute Gasteiger partial charge is 0.309 e. The summed E-state index contributed by atoms with van der Waals surface area (Å²) in [4.78, 5) is 0. The normalized spacial score (nSPS) is 11.1. The summed E-state index contributed by atoms with van der Waals surface area (Å²) >= 11 is 0. The van der Waals surface area contributed by atoms with Crippen molar-refractivity contribution >= 4 is 43.6 Å². The van der Waals surface area contributed by atoms with Gasteiger partial charge in [0.1, 0.15) is 6.07 Å². The van der Waals surface area contributed by atoms with E-state index in [0.29, 0.717) is 22.4 Å². The number of hydrogen-bond acceptors (Lipinski definition) is 3. The Kier molecular flexibility index (Phi) is 5.56. The molecule has 0 unspecified atom stereocenters. The Morgan fingerprint density at radius 1 is 0.455 bits per heavy atom. The molecule has 0 amide bonds. The van der Waals surface area contributed by atoms with E-state index in [0.717, 1.165) is 60.4 Å². The Bertz CT molecular complexity index is 2580. The van der Waals surface area contributed by atoms with Gasteiger partial charge in [0.25, 0.3) is 0 Å². The lowest BCUT2D eigenvalue weighted by atomic mass is 9.98. The molecule has 5 nitrogen and oxygen atoms in total. The van der Waals surface area contributed by atoms with Gasteiger partial charge in [-0.25, -0.2) is 0 Å². The molecule has 0 atom stereocenters. The first-order chi connectivity index (χ1) is 21.7. The van der Waals surface area contributed by atoms with Crippen molar-refractivity contribution in [1.29, 1.82) is 15.8 Å². The number of benzene rings is 6. The second kappa shape index (κ2) is 9.74. The van der Waals surface area contributed by atoms with Crippen molar-refractivity contribution in [3.63, 3.8) is 0 Å². The van der Waals surface area contributed by atoms with Crippen LogP contribution in [0.3, 0.4) is 0 Å². The van der Waals surface area contributed by atoms with Crippen LogP contribution in [0.4, 0.5) is 0 Å². The Morgan fingerprint density at radius 3 is 1.86 bits per heavy atom. The molecule has 0 fully saturated rings. The van der Waals surface area contributed by atoms with Gasteiger partial charge in [0.15, 0.2) is 0 Å². The van der Waals surface area contributed by atoms with Crippen LogP contribution in [0.15, 0.2) is 127 Å². The summed E-state index contributed by atoms with van der Waals surface area (Å²) in [5.74, 6) is 0. The number of para-hydroxylation sites is 2. The summed E-state index contributed by atoms with van der Waals surface area (Å²) in [6.07, 6.45) is 0. The van der Waals surface area contributed by atoms with Gasteiger partial charge in [-0.05, 0) is 83.9 Å². The summed E-state index contributed by atoms with van der Waals surface area (Å²) < 4.78 is 4.34. The molecule has 0 bridgehead atoms. The van der Waals surface area contributed by atoms with Crippen LogP contribution in [0.1, 0.15) is 16.7 Å². The topological polar surface area (TPSA) is 81.2 Å². The molecule has 202 valence electrons. The number of hydrogen-bond donors (Lipinski definition) is 0. The van der Waals surface area contributed by atoms with Crippen molar-refractivity contribution in [2.24, 2.45) is 0 Å². The maximum absolute atomic E-state index is 9.99. The summed E-state index contributed by atoms with van der Waals surface area (Å²) in [7, 11) is 0. The highest BCUT2D eigenvalue weighted by molar-refractivity contribution is 6.17. The summed E-state index contributed by atoms with van der Waals surface area (Å²) in [5, 5.41) is 33.4. The van der Waals surface area contributed by atoms with E-state index < -0.39 is 0 Å². The van der Waals surface area contributed by atoms with Crippen LogP contribution in [0.2, 0.25) is 0 Å². The quantitative estimate of drug-likeness (QED) is 0.216. The number of aromatic nitrogens is 2. The summed E-state index contributed by atoms with van der Waals surface area (Å²) in [6.45, 7) is 0. The number of nitriles is 3. The number of fused-ring (bicyclic) bond motifs is 6. The molecule has 0 radical (unpaired) electrons. The Hall–Kier alpha value is -6.61. The molecule has 0 spiro atoms. The zero-order chi connectivity index (χ0) is 29.8. The van der Waals surface area contributed by atoms with Gasteiger partial charge in [0, 0.05) is 27.2 Å². The van der Waals surface area contributed by atoms with E-state index in [1.807, 2.05) is 36.4 Å². The van der Waals surface area contributed by atoms with Crippen LogP contribution in [0.25, 0.3) is 66.1 Å². The van der Waals surface area contributed by atoms with Crippen molar-refractivity contribution in [3.05, 3.63) is 144 Å². The monoisotopic (exact) mass is 559 g/mol. The second-order valence-corrected chi connectivity index (χ2v) is 10.8. The fraction of sp³-hybridized carbons (Fsp3) is 0. The average Bonchev–Trinajstić information content (AvgIpc) is 3.60. The van der Waals surface area contributed by atoms with Crippen LogP contribution < -0.4 is 0 Å². The van der Waals surface area contributed by atoms with Crippen LogP contribution in [-0.2, 0) is 0 Å². The van der Waals surface area contributed by atoms with E-state index in [1.54, 1.807) is 18.2 Å². The van der Waals surface area contributed by atoms with E-state index in [2.05, 4.69) is 100 Å². The standard InChI is InChI=1S/C39H21N5/c40-22-25-13-17-29(18-14-25)43-34-9-3-1-6-31(34)33-21-27(16-19-36(33)43)30-8-5-11-37-39(30)32-7-2-4-10-35(32)44(37)38-20-26(23-41)12-15-28(38)24-42/h1-21H. The molecule has 0 N–H and O–H groups in total. The predicted molar refractivity (Wildman–Crippen MR) is 175 cm³/mol. The minimum Gasteiger partial charge on any atom is -0.309 e. The average molecular weight is 560 g/mol. The first-order valence-corrected chi connectivity index (χ1v) is 14.2. The van der Waals surface area contributed by atoms with Gasteiger partial charge < -0.3 is 9.13 Å². The highest BCUT2D eigenvalue weighted by Gasteiger charge is 2.19. The Balaban J connectivity index is 1.41. The molecule has 0 saturated carbocycles. The predicted octanol–water partition coefficient (Wildman–Crippen LogP) is 9.16. The lowest BCUT2D eigenvalue weighted by Gasteiger charge is -2.11. The van der Waals surface area contributed by atoms with Crippen LogP contribution >= 0.6 is 0 Å². The lowest BCUT2D eigenvalue weighted by Crippen LogP contribution is -1.98. The van der Waals surface area contributed by atoms with E-state index in [4.69, 9.17) is 0 Å². The fourth-order valence-electron chi connectivity index (χ4n) is 6.50. The molecule has 8 aromatic rings. The van der Waals surface area contributed by atoms with Crippen molar-refractivity contribution in [2.45, 2.75) is 0 Å². The number of rotatable bonds is 3. The first kappa shape index (κ1) is 25.1. The van der Waals surface area contributed by atoms with E-state index in [-0.39, 0.29) is 0 Å². The van der Waals surface area contributed by atoms with Crippen LogP contribution in [0.5, 0.6) is 0 Å². The van der Waals surface area contributed by atoms with E-state index in [1.165, 1.54) is 0 Å². The second-order valence-electron chi connectivity index (χ2n) is 10.8. The summed E-state index contributed by atoms with van der Waals surface area (Å²) in [5.41, 5.74) is 9.63. The third kappa shape index (κ3) is 3.63. The van der Waals surface area contributed by atoms with Crippen molar-refractivity contribution in [2.75, 3.05) is 0 Å². The minimum absolute atomic E-state index is 0.505. The molecular formula is C39H21N5. The van der Waals surface area contributed by atoms with E-state index in [9.17, 15) is 15.8 Å². The van der Waals surface area contributed by atoms with Gasteiger partial charge in [0.2, 0.25) is 0 Å². The highest BCUT2D eigenvalue weighted by atomic mass is 15.0. The molecule has 0 aliphatic carbocycles. The molecule has 44 heavy (non-hydrogen) atoms. The molecule has 0 saturated heterocycles.